The van der Waals surface area contributed by atoms with Crippen molar-refractivity contribution in [1.82, 2.24) is 10.6 Å². The van der Waals surface area contributed by atoms with E-state index in [9.17, 15) is 22.8 Å². The van der Waals surface area contributed by atoms with Crippen LogP contribution in [0, 0.1) is 6.92 Å². The summed E-state index contributed by atoms with van der Waals surface area (Å²) in [4.78, 5) is 23.0. The lowest BCUT2D eigenvalue weighted by Gasteiger charge is -2.22. The summed E-state index contributed by atoms with van der Waals surface area (Å²) in [6.45, 7) is 2.68. The van der Waals surface area contributed by atoms with Gasteiger partial charge in [-0.15, -0.1) is 0 Å². The summed E-state index contributed by atoms with van der Waals surface area (Å²) in [6, 6.07) is 12.1. The average Bonchev–Trinajstić information content (AvgIpc) is 2.75. The summed E-state index contributed by atoms with van der Waals surface area (Å²) >= 11 is 0. The second-order valence-electron chi connectivity index (χ2n) is 7.53. The number of hydrogen-bond acceptors (Lipinski definition) is 3. The number of amides is 2. The Hall–Kier alpha value is -2.87. The standard InChI is InChI=1S/C23H28F3N3O2/c1-16-5-7-17(8-6-16)18(11-12-28-15-30)9-10-21(14-27)29-22(31)19-3-2-4-20(13-19)23(24,25)26/h2-8,13,15,18,21H,9-12,14,27H2,1H3,(H,28,30)(H,29,31). The van der Waals surface area contributed by atoms with Gasteiger partial charge < -0.3 is 16.4 Å². The first-order chi connectivity index (χ1) is 14.7. The lowest BCUT2D eigenvalue weighted by Crippen LogP contribution is -2.40. The summed E-state index contributed by atoms with van der Waals surface area (Å²) in [5, 5.41) is 5.41. The minimum Gasteiger partial charge on any atom is -0.359 e. The molecule has 2 amide bonds. The van der Waals surface area contributed by atoms with Gasteiger partial charge in [0.1, 0.15) is 0 Å². The van der Waals surface area contributed by atoms with Crippen molar-refractivity contribution >= 4 is 12.3 Å². The minimum atomic E-state index is -4.51. The van der Waals surface area contributed by atoms with E-state index in [0.29, 0.717) is 25.8 Å². The highest BCUT2D eigenvalue weighted by molar-refractivity contribution is 5.94. The van der Waals surface area contributed by atoms with Crippen LogP contribution in [0.25, 0.3) is 0 Å². The number of benzene rings is 2. The molecule has 0 spiro atoms. The van der Waals surface area contributed by atoms with Gasteiger partial charge in [0.2, 0.25) is 6.41 Å². The summed E-state index contributed by atoms with van der Waals surface area (Å²) in [7, 11) is 0. The molecular formula is C23H28F3N3O2. The molecule has 8 heteroatoms. The molecule has 0 saturated carbocycles. The number of alkyl halides is 3. The van der Waals surface area contributed by atoms with E-state index < -0.39 is 17.6 Å². The molecule has 31 heavy (non-hydrogen) atoms. The Morgan fingerprint density at radius 1 is 1.10 bits per heavy atom. The van der Waals surface area contributed by atoms with Gasteiger partial charge in [0, 0.05) is 24.7 Å². The van der Waals surface area contributed by atoms with Crippen LogP contribution < -0.4 is 16.4 Å². The third kappa shape index (κ3) is 7.71. The molecule has 168 valence electrons. The Labute approximate surface area is 180 Å². The van der Waals surface area contributed by atoms with Crippen molar-refractivity contribution in [3.05, 3.63) is 70.8 Å². The van der Waals surface area contributed by atoms with Gasteiger partial charge in [0.25, 0.3) is 5.91 Å². The highest BCUT2D eigenvalue weighted by Gasteiger charge is 2.31. The van der Waals surface area contributed by atoms with Gasteiger partial charge in [-0.2, -0.15) is 13.2 Å². The van der Waals surface area contributed by atoms with Crippen LogP contribution in [0.1, 0.15) is 52.2 Å². The molecule has 0 heterocycles. The van der Waals surface area contributed by atoms with Crippen LogP contribution in [0.15, 0.2) is 48.5 Å². The number of nitrogens with one attached hydrogen (secondary N) is 2. The Morgan fingerprint density at radius 3 is 2.42 bits per heavy atom. The van der Waals surface area contributed by atoms with Crippen molar-refractivity contribution in [2.24, 2.45) is 5.73 Å². The zero-order valence-corrected chi connectivity index (χ0v) is 17.4. The van der Waals surface area contributed by atoms with Gasteiger partial charge in [-0.1, -0.05) is 35.9 Å². The number of carbonyl (C=O) groups is 2. The molecule has 2 atom stereocenters. The lowest BCUT2D eigenvalue weighted by molar-refractivity contribution is -0.137. The quantitative estimate of drug-likeness (QED) is 0.371. The molecule has 0 aliphatic heterocycles. The largest absolute Gasteiger partial charge is 0.416 e. The van der Waals surface area contributed by atoms with Gasteiger partial charge in [0.15, 0.2) is 0 Å². The maximum absolute atomic E-state index is 12.9. The molecule has 0 radical (unpaired) electrons. The van der Waals surface area contributed by atoms with Gasteiger partial charge in [-0.3, -0.25) is 9.59 Å². The van der Waals surface area contributed by atoms with Crippen molar-refractivity contribution < 1.29 is 22.8 Å². The van der Waals surface area contributed by atoms with Crippen LogP contribution >= 0.6 is 0 Å². The van der Waals surface area contributed by atoms with E-state index in [1.807, 2.05) is 31.2 Å². The van der Waals surface area contributed by atoms with Gasteiger partial charge in [0.05, 0.1) is 5.56 Å². The molecule has 4 N–H and O–H groups in total. The Morgan fingerprint density at radius 2 is 1.81 bits per heavy atom. The van der Waals surface area contributed by atoms with Crippen LogP contribution in [-0.4, -0.2) is 31.4 Å². The van der Waals surface area contributed by atoms with Crippen molar-refractivity contribution in [1.29, 1.82) is 0 Å². The first-order valence-corrected chi connectivity index (χ1v) is 10.2. The summed E-state index contributed by atoms with van der Waals surface area (Å²) in [5.41, 5.74) is 7.15. The van der Waals surface area contributed by atoms with E-state index in [1.54, 1.807) is 0 Å². The van der Waals surface area contributed by atoms with Crippen LogP contribution in [0.2, 0.25) is 0 Å². The Bertz CT molecular complexity index is 854. The molecule has 5 nitrogen and oxygen atoms in total. The predicted octanol–water partition coefficient (Wildman–Crippen LogP) is 3.77. The minimum absolute atomic E-state index is 0.0569. The van der Waals surface area contributed by atoms with Crippen LogP contribution in [0.3, 0.4) is 0 Å². The lowest BCUT2D eigenvalue weighted by atomic mass is 9.89. The second kappa shape index (κ2) is 11.5. The maximum atomic E-state index is 12.9. The second-order valence-corrected chi connectivity index (χ2v) is 7.53. The molecule has 0 fully saturated rings. The highest BCUT2D eigenvalue weighted by atomic mass is 19.4. The van der Waals surface area contributed by atoms with Gasteiger partial charge in [-0.05, 0) is 55.9 Å². The number of carbonyl (C=O) groups excluding carboxylic acids is 2. The molecule has 0 aromatic heterocycles. The number of rotatable bonds is 11. The van der Waals surface area contributed by atoms with E-state index in [-0.39, 0.29) is 24.1 Å². The van der Waals surface area contributed by atoms with Crippen molar-refractivity contribution in [3.8, 4) is 0 Å². The van der Waals surface area contributed by atoms with Crippen LogP contribution in [0.5, 0.6) is 0 Å². The molecule has 2 rings (SSSR count). The van der Waals surface area contributed by atoms with Gasteiger partial charge >= 0.3 is 6.18 Å². The molecule has 0 aliphatic carbocycles. The molecular weight excluding hydrogens is 407 g/mol. The molecule has 2 aromatic carbocycles. The molecule has 2 unspecified atom stereocenters. The highest BCUT2D eigenvalue weighted by Crippen LogP contribution is 2.29. The fourth-order valence-electron chi connectivity index (χ4n) is 3.39. The molecule has 2 aromatic rings. The summed E-state index contributed by atoms with van der Waals surface area (Å²) < 4.78 is 38.7. The van der Waals surface area contributed by atoms with E-state index >= 15 is 0 Å². The number of nitrogens with two attached hydrogens (primary N) is 1. The zero-order valence-electron chi connectivity index (χ0n) is 17.4. The first kappa shape index (κ1) is 24.4. The van der Waals surface area contributed by atoms with Crippen molar-refractivity contribution in [2.75, 3.05) is 13.1 Å². The maximum Gasteiger partial charge on any atom is 0.416 e. The Kier molecular flexibility index (Phi) is 9.05. The number of aryl methyl sites for hydroxylation is 1. The first-order valence-electron chi connectivity index (χ1n) is 10.2. The monoisotopic (exact) mass is 435 g/mol. The fourth-order valence-corrected chi connectivity index (χ4v) is 3.39. The molecule has 0 bridgehead atoms. The number of halogens is 3. The smallest absolute Gasteiger partial charge is 0.359 e. The SMILES string of the molecule is Cc1ccc(C(CCNC=O)CCC(CN)NC(=O)c2cccc(C(F)(F)F)c2)cc1. The predicted molar refractivity (Wildman–Crippen MR) is 114 cm³/mol. The zero-order chi connectivity index (χ0) is 22.9. The van der Waals surface area contributed by atoms with Crippen LogP contribution in [0.4, 0.5) is 13.2 Å². The van der Waals surface area contributed by atoms with E-state index in [4.69, 9.17) is 5.73 Å². The normalized spacial score (nSPS) is 13.3. The van der Waals surface area contributed by atoms with E-state index in [1.165, 1.54) is 12.1 Å². The van der Waals surface area contributed by atoms with Crippen molar-refractivity contribution in [3.63, 3.8) is 0 Å². The topological polar surface area (TPSA) is 84.2 Å². The van der Waals surface area contributed by atoms with E-state index in [0.717, 1.165) is 29.7 Å². The molecule has 0 aliphatic rings. The van der Waals surface area contributed by atoms with E-state index in [2.05, 4.69) is 10.6 Å². The van der Waals surface area contributed by atoms with Gasteiger partial charge in [-0.25, -0.2) is 0 Å². The fraction of sp³-hybridized carbons (Fsp3) is 0.391. The van der Waals surface area contributed by atoms with Crippen molar-refractivity contribution in [2.45, 2.75) is 44.3 Å². The third-order valence-corrected chi connectivity index (χ3v) is 5.20. The van der Waals surface area contributed by atoms with Crippen LogP contribution in [-0.2, 0) is 11.0 Å². The summed E-state index contributed by atoms with van der Waals surface area (Å²) in [5.74, 6) is -0.441. The Balaban J connectivity index is 2.03. The third-order valence-electron chi connectivity index (χ3n) is 5.20. The summed E-state index contributed by atoms with van der Waals surface area (Å²) in [6.07, 6.45) is -1.87. The number of hydrogen-bond donors (Lipinski definition) is 3. The average molecular weight is 435 g/mol. The molecule has 0 saturated heterocycles.